The van der Waals surface area contributed by atoms with E-state index in [9.17, 15) is 9.18 Å². The molecule has 1 aromatic rings. The summed E-state index contributed by atoms with van der Waals surface area (Å²) in [5.41, 5.74) is 6.50. The molecule has 0 radical (unpaired) electrons. The second-order valence-corrected chi connectivity index (χ2v) is 3.00. The van der Waals surface area contributed by atoms with Crippen LogP contribution in [0.4, 0.5) is 4.39 Å². The van der Waals surface area contributed by atoms with Crippen LogP contribution in [0.1, 0.15) is 21.5 Å². The van der Waals surface area contributed by atoms with Gasteiger partial charge < -0.3 is 5.73 Å². The number of carbonyl (C=O) groups is 1. The minimum atomic E-state index is -0.320. The molecule has 0 atom stereocenters. The molecular weight excluding hydrogens is 169 g/mol. The van der Waals surface area contributed by atoms with E-state index in [2.05, 4.69) is 0 Å². The van der Waals surface area contributed by atoms with E-state index in [-0.39, 0.29) is 18.1 Å². The zero-order chi connectivity index (χ0) is 10.0. The highest BCUT2D eigenvalue weighted by atomic mass is 19.1. The first-order valence-electron chi connectivity index (χ1n) is 4.07. The number of benzene rings is 1. The van der Waals surface area contributed by atoms with Crippen LogP contribution in [0.25, 0.3) is 0 Å². The highest BCUT2D eigenvalue weighted by Gasteiger charge is 2.11. The fourth-order valence-corrected chi connectivity index (χ4v) is 1.23. The third-order valence-electron chi connectivity index (χ3n) is 2.07. The van der Waals surface area contributed by atoms with Gasteiger partial charge in [0.1, 0.15) is 5.82 Å². The number of carbonyl (C=O) groups excluding carboxylic acids is 1. The van der Waals surface area contributed by atoms with Crippen LogP contribution < -0.4 is 5.73 Å². The van der Waals surface area contributed by atoms with E-state index in [4.69, 9.17) is 5.73 Å². The van der Waals surface area contributed by atoms with Crippen molar-refractivity contribution in [2.45, 2.75) is 13.8 Å². The van der Waals surface area contributed by atoms with Crippen molar-refractivity contribution in [3.05, 3.63) is 34.6 Å². The second-order valence-electron chi connectivity index (χ2n) is 3.00. The van der Waals surface area contributed by atoms with Crippen molar-refractivity contribution in [3.8, 4) is 0 Å². The Kier molecular flexibility index (Phi) is 2.78. The van der Waals surface area contributed by atoms with Gasteiger partial charge in [-0.05, 0) is 25.0 Å². The van der Waals surface area contributed by atoms with E-state index in [1.807, 2.05) is 0 Å². The molecule has 70 valence electrons. The lowest BCUT2D eigenvalue weighted by Crippen LogP contribution is -2.15. The van der Waals surface area contributed by atoms with E-state index in [1.54, 1.807) is 26.0 Å². The Morgan fingerprint density at radius 2 is 2.08 bits per heavy atom. The first-order valence-corrected chi connectivity index (χ1v) is 4.07. The molecule has 0 aliphatic heterocycles. The molecule has 1 aromatic carbocycles. The van der Waals surface area contributed by atoms with E-state index in [1.165, 1.54) is 0 Å². The predicted octanol–water partition coefficient (Wildman–Crippen LogP) is 1.58. The molecule has 0 saturated carbocycles. The molecular formula is C10H12FNO. The molecule has 2 nitrogen and oxygen atoms in total. The number of hydrogen-bond donors (Lipinski definition) is 1. The standard InChI is InChI=1S/C10H12FNO/c1-6-3-4-8(9(13)5-12)7(2)10(6)11/h3-4H,5,12H2,1-2H3. The van der Waals surface area contributed by atoms with Gasteiger partial charge in [-0.1, -0.05) is 12.1 Å². The summed E-state index contributed by atoms with van der Waals surface area (Å²) in [5.74, 6) is -0.546. The van der Waals surface area contributed by atoms with Crippen LogP contribution >= 0.6 is 0 Å². The van der Waals surface area contributed by atoms with Gasteiger partial charge in [-0.15, -0.1) is 0 Å². The van der Waals surface area contributed by atoms with Crippen LogP contribution in [0.2, 0.25) is 0 Å². The van der Waals surface area contributed by atoms with Gasteiger partial charge in [-0.2, -0.15) is 0 Å². The first-order chi connectivity index (χ1) is 6.07. The van der Waals surface area contributed by atoms with Gasteiger partial charge in [-0.25, -0.2) is 4.39 Å². The maximum atomic E-state index is 13.3. The quantitative estimate of drug-likeness (QED) is 0.704. The van der Waals surface area contributed by atoms with Crippen molar-refractivity contribution in [3.63, 3.8) is 0 Å². The van der Waals surface area contributed by atoms with Crippen LogP contribution in [0.15, 0.2) is 12.1 Å². The summed E-state index contributed by atoms with van der Waals surface area (Å²) in [7, 11) is 0. The Bertz CT molecular complexity index is 347. The summed E-state index contributed by atoms with van der Waals surface area (Å²) in [6, 6.07) is 3.20. The lowest BCUT2D eigenvalue weighted by atomic mass is 10.0. The third-order valence-corrected chi connectivity index (χ3v) is 2.07. The van der Waals surface area contributed by atoms with Crippen molar-refractivity contribution < 1.29 is 9.18 Å². The van der Waals surface area contributed by atoms with Gasteiger partial charge in [0.2, 0.25) is 0 Å². The Hall–Kier alpha value is -1.22. The first kappa shape index (κ1) is 9.86. The van der Waals surface area contributed by atoms with Gasteiger partial charge >= 0.3 is 0 Å². The summed E-state index contributed by atoms with van der Waals surface area (Å²) in [6.07, 6.45) is 0. The molecule has 0 spiro atoms. The maximum Gasteiger partial charge on any atom is 0.176 e. The van der Waals surface area contributed by atoms with Crippen LogP contribution in [-0.4, -0.2) is 12.3 Å². The van der Waals surface area contributed by atoms with Crippen LogP contribution in [0, 0.1) is 19.7 Å². The number of nitrogens with two attached hydrogens (primary N) is 1. The number of rotatable bonds is 2. The molecule has 0 bridgehead atoms. The molecule has 0 saturated heterocycles. The second kappa shape index (κ2) is 3.66. The SMILES string of the molecule is Cc1ccc(C(=O)CN)c(C)c1F. The number of hydrogen-bond acceptors (Lipinski definition) is 2. The molecule has 0 aliphatic carbocycles. The molecule has 2 N–H and O–H groups in total. The highest BCUT2D eigenvalue weighted by molar-refractivity contribution is 5.98. The maximum absolute atomic E-state index is 13.3. The molecule has 0 aromatic heterocycles. The topological polar surface area (TPSA) is 43.1 Å². The fourth-order valence-electron chi connectivity index (χ4n) is 1.23. The molecule has 0 aliphatic rings. The number of halogens is 1. The highest BCUT2D eigenvalue weighted by Crippen LogP contribution is 2.16. The Labute approximate surface area is 76.6 Å². The summed E-state index contributed by atoms with van der Waals surface area (Å²) >= 11 is 0. The largest absolute Gasteiger partial charge is 0.324 e. The molecule has 0 fully saturated rings. The summed E-state index contributed by atoms with van der Waals surface area (Å²) in [6.45, 7) is 3.17. The van der Waals surface area contributed by atoms with Crippen molar-refractivity contribution in [2.24, 2.45) is 5.73 Å². The summed E-state index contributed by atoms with van der Waals surface area (Å²) in [5, 5.41) is 0. The van der Waals surface area contributed by atoms with Crippen LogP contribution in [-0.2, 0) is 0 Å². The minimum absolute atomic E-state index is 0.0800. The minimum Gasteiger partial charge on any atom is -0.324 e. The predicted molar refractivity (Wildman–Crippen MR) is 49.3 cm³/mol. The van der Waals surface area contributed by atoms with Crippen LogP contribution in [0.5, 0.6) is 0 Å². The Balaban J connectivity index is 3.26. The Morgan fingerprint density at radius 1 is 1.46 bits per heavy atom. The fraction of sp³-hybridized carbons (Fsp3) is 0.300. The van der Waals surface area contributed by atoms with Crippen molar-refractivity contribution in [2.75, 3.05) is 6.54 Å². The molecule has 3 heteroatoms. The average Bonchev–Trinajstić information content (AvgIpc) is 2.13. The molecule has 13 heavy (non-hydrogen) atoms. The molecule has 0 unspecified atom stereocenters. The molecule has 0 amide bonds. The van der Waals surface area contributed by atoms with E-state index < -0.39 is 0 Å². The van der Waals surface area contributed by atoms with Crippen molar-refractivity contribution in [1.29, 1.82) is 0 Å². The molecule has 1 rings (SSSR count). The van der Waals surface area contributed by atoms with Crippen LogP contribution in [0.3, 0.4) is 0 Å². The normalized spacial score (nSPS) is 10.2. The van der Waals surface area contributed by atoms with Gasteiger partial charge in [0.05, 0.1) is 6.54 Å². The van der Waals surface area contributed by atoms with Gasteiger partial charge in [0.15, 0.2) is 5.78 Å². The third kappa shape index (κ3) is 1.75. The van der Waals surface area contributed by atoms with E-state index in [0.717, 1.165) is 0 Å². The van der Waals surface area contributed by atoms with Gasteiger partial charge in [-0.3, -0.25) is 4.79 Å². The lowest BCUT2D eigenvalue weighted by Gasteiger charge is -2.06. The zero-order valence-corrected chi connectivity index (χ0v) is 7.73. The van der Waals surface area contributed by atoms with Crippen molar-refractivity contribution >= 4 is 5.78 Å². The monoisotopic (exact) mass is 181 g/mol. The Morgan fingerprint density at radius 3 is 2.62 bits per heavy atom. The average molecular weight is 181 g/mol. The summed E-state index contributed by atoms with van der Waals surface area (Å²) < 4.78 is 13.3. The lowest BCUT2D eigenvalue weighted by molar-refractivity contribution is 0.100. The van der Waals surface area contributed by atoms with E-state index >= 15 is 0 Å². The smallest absolute Gasteiger partial charge is 0.176 e. The molecule has 0 heterocycles. The van der Waals surface area contributed by atoms with Gasteiger partial charge in [0.25, 0.3) is 0 Å². The summed E-state index contributed by atoms with van der Waals surface area (Å²) in [4.78, 5) is 11.2. The van der Waals surface area contributed by atoms with Gasteiger partial charge in [0, 0.05) is 5.56 Å². The zero-order valence-electron chi connectivity index (χ0n) is 7.73. The number of ketones is 1. The van der Waals surface area contributed by atoms with E-state index in [0.29, 0.717) is 16.7 Å². The number of aryl methyl sites for hydroxylation is 1. The van der Waals surface area contributed by atoms with Crippen molar-refractivity contribution in [1.82, 2.24) is 0 Å². The number of Topliss-reactive ketones (excluding diaryl/α,β-unsaturated/α-hetero) is 1.